The number of carbonyl (C=O) groups excluding carboxylic acids is 1. The van der Waals surface area contributed by atoms with Crippen LogP contribution in [0.4, 0.5) is 8.78 Å². The molecule has 0 aliphatic heterocycles. The van der Waals surface area contributed by atoms with Crippen molar-refractivity contribution in [2.24, 2.45) is 0 Å². The van der Waals surface area contributed by atoms with Gasteiger partial charge in [0.15, 0.2) is 5.78 Å². The van der Waals surface area contributed by atoms with Gasteiger partial charge in [0.2, 0.25) is 0 Å². The summed E-state index contributed by atoms with van der Waals surface area (Å²) in [5, 5.41) is 3.98. The number of nitrogens with zero attached hydrogens (tertiary/aromatic N) is 3. The zero-order valence-corrected chi connectivity index (χ0v) is 10.4. The molecule has 2 aromatic rings. The lowest BCUT2D eigenvalue weighted by molar-refractivity contribution is 0.0985. The lowest BCUT2D eigenvalue weighted by atomic mass is 10.1. The molecule has 0 spiro atoms. The fourth-order valence-electron chi connectivity index (χ4n) is 1.77. The van der Waals surface area contributed by atoms with Gasteiger partial charge in [-0.1, -0.05) is 6.92 Å². The molecule has 0 bridgehead atoms. The van der Waals surface area contributed by atoms with Gasteiger partial charge in [-0.25, -0.2) is 18.4 Å². The summed E-state index contributed by atoms with van der Waals surface area (Å²) < 4.78 is 28.1. The molecule has 0 saturated heterocycles. The van der Waals surface area contributed by atoms with Crippen LogP contribution in [0, 0.1) is 11.6 Å². The predicted molar refractivity (Wildman–Crippen MR) is 64.7 cm³/mol. The zero-order chi connectivity index (χ0) is 13.8. The van der Waals surface area contributed by atoms with Crippen LogP contribution in [0.15, 0.2) is 24.5 Å². The SMILES string of the molecule is CCCn1ncnc1CC(=O)c1cc(F)ccc1F. The van der Waals surface area contributed by atoms with Gasteiger partial charge < -0.3 is 0 Å². The average molecular weight is 265 g/mol. The normalized spacial score (nSPS) is 10.7. The van der Waals surface area contributed by atoms with Crippen molar-refractivity contribution in [3.8, 4) is 0 Å². The van der Waals surface area contributed by atoms with Gasteiger partial charge in [-0.2, -0.15) is 5.10 Å². The van der Waals surface area contributed by atoms with E-state index in [0.717, 1.165) is 24.6 Å². The Kier molecular flexibility index (Phi) is 3.99. The van der Waals surface area contributed by atoms with Crippen molar-refractivity contribution >= 4 is 5.78 Å². The van der Waals surface area contributed by atoms with Crippen LogP contribution >= 0.6 is 0 Å². The van der Waals surface area contributed by atoms with E-state index in [1.807, 2.05) is 6.92 Å². The summed E-state index contributed by atoms with van der Waals surface area (Å²) in [6.45, 7) is 2.60. The summed E-state index contributed by atoms with van der Waals surface area (Å²) in [6, 6.07) is 2.82. The van der Waals surface area contributed by atoms with Gasteiger partial charge in [-0.15, -0.1) is 0 Å². The van der Waals surface area contributed by atoms with Gasteiger partial charge in [0, 0.05) is 6.54 Å². The summed E-state index contributed by atoms with van der Waals surface area (Å²) in [4.78, 5) is 15.9. The third-order valence-corrected chi connectivity index (χ3v) is 2.68. The molecule has 1 heterocycles. The maximum atomic E-state index is 13.5. The van der Waals surface area contributed by atoms with E-state index < -0.39 is 17.4 Å². The van der Waals surface area contributed by atoms with Gasteiger partial charge in [0.1, 0.15) is 23.8 Å². The summed E-state index contributed by atoms with van der Waals surface area (Å²) >= 11 is 0. The van der Waals surface area contributed by atoms with Crippen molar-refractivity contribution in [2.45, 2.75) is 26.3 Å². The van der Waals surface area contributed by atoms with Crippen LogP contribution in [0.3, 0.4) is 0 Å². The van der Waals surface area contributed by atoms with E-state index in [9.17, 15) is 13.6 Å². The van der Waals surface area contributed by atoms with Gasteiger partial charge >= 0.3 is 0 Å². The molecule has 0 fully saturated rings. The van der Waals surface area contributed by atoms with Gasteiger partial charge in [0.05, 0.1) is 12.0 Å². The van der Waals surface area contributed by atoms with Crippen molar-refractivity contribution < 1.29 is 13.6 Å². The fourth-order valence-corrected chi connectivity index (χ4v) is 1.77. The highest BCUT2D eigenvalue weighted by atomic mass is 19.1. The minimum atomic E-state index is -0.729. The molecule has 4 nitrogen and oxygen atoms in total. The molecule has 0 unspecified atom stereocenters. The smallest absolute Gasteiger partial charge is 0.173 e. The first kappa shape index (κ1) is 13.3. The van der Waals surface area contributed by atoms with Crippen LogP contribution in [0.25, 0.3) is 0 Å². The summed E-state index contributed by atoms with van der Waals surface area (Å²) in [5.74, 6) is -1.43. The number of aryl methyl sites for hydroxylation is 1. The fraction of sp³-hybridized carbons (Fsp3) is 0.308. The Bertz CT molecular complexity index is 595. The van der Waals surface area contributed by atoms with Crippen molar-refractivity contribution in [1.82, 2.24) is 14.8 Å². The topological polar surface area (TPSA) is 47.8 Å². The first-order valence-electron chi connectivity index (χ1n) is 5.96. The highest BCUT2D eigenvalue weighted by Gasteiger charge is 2.16. The Morgan fingerprint density at radius 1 is 1.37 bits per heavy atom. The van der Waals surface area contributed by atoms with Crippen molar-refractivity contribution in [2.75, 3.05) is 0 Å². The average Bonchev–Trinajstić information content (AvgIpc) is 2.80. The quantitative estimate of drug-likeness (QED) is 0.780. The van der Waals surface area contributed by atoms with Crippen LogP contribution < -0.4 is 0 Å². The Labute approximate surface area is 109 Å². The van der Waals surface area contributed by atoms with E-state index >= 15 is 0 Å². The molecule has 0 aliphatic carbocycles. The van der Waals surface area contributed by atoms with Gasteiger partial charge in [-0.3, -0.25) is 4.79 Å². The molecular weight excluding hydrogens is 252 g/mol. The minimum Gasteiger partial charge on any atom is -0.294 e. The van der Waals surface area contributed by atoms with Crippen LogP contribution in [0.1, 0.15) is 29.5 Å². The summed E-state index contributed by atoms with van der Waals surface area (Å²) in [6.07, 6.45) is 2.10. The molecular formula is C13H13F2N3O. The molecule has 0 atom stereocenters. The molecule has 0 aliphatic rings. The van der Waals surface area contributed by atoms with E-state index in [4.69, 9.17) is 0 Å². The van der Waals surface area contributed by atoms with Crippen molar-refractivity contribution in [3.63, 3.8) is 0 Å². The van der Waals surface area contributed by atoms with Gasteiger partial charge in [0.25, 0.3) is 0 Å². The van der Waals surface area contributed by atoms with Crippen LogP contribution in [0.2, 0.25) is 0 Å². The van der Waals surface area contributed by atoms with E-state index in [2.05, 4.69) is 10.1 Å². The highest BCUT2D eigenvalue weighted by molar-refractivity contribution is 5.97. The number of hydrogen-bond acceptors (Lipinski definition) is 3. The first-order chi connectivity index (χ1) is 9.11. The number of aromatic nitrogens is 3. The lowest BCUT2D eigenvalue weighted by Crippen LogP contribution is -2.13. The Morgan fingerprint density at radius 2 is 2.16 bits per heavy atom. The molecule has 6 heteroatoms. The molecule has 19 heavy (non-hydrogen) atoms. The molecule has 2 rings (SSSR count). The second-order valence-corrected chi connectivity index (χ2v) is 4.12. The maximum Gasteiger partial charge on any atom is 0.173 e. The zero-order valence-electron chi connectivity index (χ0n) is 10.4. The monoisotopic (exact) mass is 265 g/mol. The molecule has 0 N–H and O–H groups in total. The van der Waals surface area contributed by atoms with Crippen LogP contribution in [-0.4, -0.2) is 20.5 Å². The van der Waals surface area contributed by atoms with Crippen molar-refractivity contribution in [3.05, 3.63) is 47.5 Å². The molecule has 100 valence electrons. The van der Waals surface area contributed by atoms with E-state index in [-0.39, 0.29) is 12.0 Å². The number of carbonyl (C=O) groups is 1. The first-order valence-corrected chi connectivity index (χ1v) is 5.96. The van der Waals surface area contributed by atoms with Gasteiger partial charge in [-0.05, 0) is 24.6 Å². The summed E-state index contributed by atoms with van der Waals surface area (Å²) in [7, 11) is 0. The highest BCUT2D eigenvalue weighted by Crippen LogP contribution is 2.12. The largest absolute Gasteiger partial charge is 0.294 e. The Morgan fingerprint density at radius 3 is 2.89 bits per heavy atom. The van der Waals surface area contributed by atoms with E-state index in [1.54, 1.807) is 4.68 Å². The molecule has 0 amide bonds. The van der Waals surface area contributed by atoms with E-state index in [1.165, 1.54) is 6.33 Å². The minimum absolute atomic E-state index is 0.0969. The van der Waals surface area contributed by atoms with Crippen LogP contribution in [-0.2, 0) is 13.0 Å². The number of rotatable bonds is 5. The number of halogens is 2. The third kappa shape index (κ3) is 3.01. The Balaban J connectivity index is 2.21. The second kappa shape index (κ2) is 5.69. The number of Topliss-reactive ketones (excluding diaryl/α,β-unsaturated/α-hetero) is 1. The standard InChI is InChI=1S/C13H13F2N3O/c1-2-5-18-13(16-8-17-18)7-12(19)10-6-9(14)3-4-11(10)15/h3-4,6,8H,2,5,7H2,1H3. The molecule has 1 aromatic heterocycles. The number of hydrogen-bond donors (Lipinski definition) is 0. The lowest BCUT2D eigenvalue weighted by Gasteiger charge is -2.05. The molecule has 0 saturated carbocycles. The van der Waals surface area contributed by atoms with E-state index in [0.29, 0.717) is 12.4 Å². The molecule has 1 aromatic carbocycles. The predicted octanol–water partition coefficient (Wildman–Crippen LogP) is 2.39. The van der Waals surface area contributed by atoms with Crippen LogP contribution in [0.5, 0.6) is 0 Å². The maximum absolute atomic E-state index is 13.5. The third-order valence-electron chi connectivity index (χ3n) is 2.68. The summed E-state index contributed by atoms with van der Waals surface area (Å²) in [5.41, 5.74) is -0.258. The Hall–Kier alpha value is -2.11. The second-order valence-electron chi connectivity index (χ2n) is 4.12. The van der Waals surface area contributed by atoms with Crippen molar-refractivity contribution in [1.29, 1.82) is 0 Å². The number of benzene rings is 1. The number of ketones is 1. The molecule has 0 radical (unpaired) electrons.